The minimum Gasteiger partial charge on any atom is -0.483 e. The third kappa shape index (κ3) is 3.72. The van der Waals surface area contributed by atoms with Gasteiger partial charge in [-0.05, 0) is 38.0 Å². The maximum atomic E-state index is 14.4. The number of ether oxygens (including phenoxy) is 1. The molecular weight excluding hydrogens is 348 g/mol. The van der Waals surface area contributed by atoms with E-state index in [4.69, 9.17) is 9.15 Å². The number of hydrogen-bond acceptors (Lipinski definition) is 3. The quantitative estimate of drug-likeness (QED) is 0.540. The van der Waals surface area contributed by atoms with Gasteiger partial charge < -0.3 is 9.15 Å². The largest absolute Gasteiger partial charge is 0.483 e. The van der Waals surface area contributed by atoms with E-state index in [0.29, 0.717) is 22.7 Å². The van der Waals surface area contributed by atoms with Gasteiger partial charge in [-0.3, -0.25) is 0 Å². The number of nitrogens with zero attached hydrogens (tertiary/aromatic N) is 1. The summed E-state index contributed by atoms with van der Waals surface area (Å²) >= 11 is 0. The predicted molar refractivity (Wildman–Crippen MR) is 98.6 cm³/mol. The molecule has 0 atom stereocenters. The number of aromatic nitrogens is 1. The van der Waals surface area contributed by atoms with E-state index in [1.807, 2.05) is 6.92 Å². The van der Waals surface area contributed by atoms with Gasteiger partial charge in [-0.25, -0.2) is 13.8 Å². The Hall–Kier alpha value is -2.69. The van der Waals surface area contributed by atoms with Crippen molar-refractivity contribution in [1.82, 2.24) is 4.98 Å². The summed E-state index contributed by atoms with van der Waals surface area (Å²) in [5, 5.41) is 0. The van der Waals surface area contributed by atoms with Crippen LogP contribution < -0.4 is 4.74 Å². The minimum absolute atomic E-state index is 0.0208. The second kappa shape index (κ2) is 7.51. The summed E-state index contributed by atoms with van der Waals surface area (Å²) in [7, 11) is 0. The van der Waals surface area contributed by atoms with Crippen LogP contribution in [0.15, 0.2) is 47.1 Å². The fourth-order valence-electron chi connectivity index (χ4n) is 3.61. The number of rotatable bonds is 5. The van der Waals surface area contributed by atoms with Crippen molar-refractivity contribution in [2.24, 2.45) is 0 Å². The van der Waals surface area contributed by atoms with Crippen molar-refractivity contribution in [3.8, 4) is 16.9 Å². The lowest BCUT2D eigenvalue weighted by Crippen LogP contribution is -2.01. The summed E-state index contributed by atoms with van der Waals surface area (Å²) in [5.74, 6) is 0.162. The molecule has 1 aliphatic rings. The van der Waals surface area contributed by atoms with Gasteiger partial charge in [0.05, 0.1) is 0 Å². The van der Waals surface area contributed by atoms with E-state index in [1.165, 1.54) is 25.0 Å². The van der Waals surface area contributed by atoms with E-state index in [1.54, 1.807) is 30.5 Å². The van der Waals surface area contributed by atoms with E-state index >= 15 is 0 Å². The molecule has 0 unspecified atom stereocenters. The molecule has 27 heavy (non-hydrogen) atoms. The van der Waals surface area contributed by atoms with Crippen LogP contribution in [0.25, 0.3) is 11.1 Å². The molecule has 4 rings (SSSR count). The van der Waals surface area contributed by atoms with Gasteiger partial charge in [-0.1, -0.05) is 36.6 Å². The van der Waals surface area contributed by atoms with Crippen molar-refractivity contribution in [2.45, 2.75) is 45.1 Å². The second-order valence-electron chi connectivity index (χ2n) is 7.05. The van der Waals surface area contributed by atoms with Crippen molar-refractivity contribution in [2.75, 3.05) is 0 Å². The van der Waals surface area contributed by atoms with Gasteiger partial charge in [0.2, 0.25) is 0 Å². The first-order chi connectivity index (χ1) is 13.1. The van der Waals surface area contributed by atoms with Gasteiger partial charge in [0.15, 0.2) is 17.5 Å². The molecule has 0 amide bonds. The lowest BCUT2D eigenvalue weighted by molar-refractivity contribution is 0.287. The molecule has 1 heterocycles. The topological polar surface area (TPSA) is 35.3 Å². The molecular formula is C22H21F2NO2. The normalized spacial score (nSPS) is 14.6. The molecule has 0 aliphatic heterocycles. The molecule has 3 nitrogen and oxygen atoms in total. The highest BCUT2D eigenvalue weighted by Gasteiger charge is 2.22. The van der Waals surface area contributed by atoms with Crippen LogP contribution in [-0.4, -0.2) is 4.98 Å². The Balaban J connectivity index is 1.58. The summed E-state index contributed by atoms with van der Waals surface area (Å²) in [6.07, 6.45) is 6.12. The van der Waals surface area contributed by atoms with Gasteiger partial charge in [-0.2, -0.15) is 0 Å². The van der Waals surface area contributed by atoms with Crippen molar-refractivity contribution < 1.29 is 17.9 Å². The van der Waals surface area contributed by atoms with Crippen LogP contribution in [0.4, 0.5) is 8.78 Å². The van der Waals surface area contributed by atoms with Gasteiger partial charge in [0.25, 0.3) is 0 Å². The van der Waals surface area contributed by atoms with Crippen molar-refractivity contribution >= 4 is 0 Å². The van der Waals surface area contributed by atoms with Crippen LogP contribution in [-0.2, 0) is 6.61 Å². The molecule has 0 N–H and O–H groups in total. The molecule has 3 aromatic rings. The van der Waals surface area contributed by atoms with E-state index in [0.717, 1.165) is 24.3 Å². The first-order valence-corrected chi connectivity index (χ1v) is 9.24. The summed E-state index contributed by atoms with van der Waals surface area (Å²) in [6.45, 7) is 1.93. The van der Waals surface area contributed by atoms with Crippen LogP contribution in [0.1, 0.15) is 48.7 Å². The Morgan fingerprint density at radius 3 is 2.70 bits per heavy atom. The Morgan fingerprint density at radius 2 is 1.89 bits per heavy atom. The highest BCUT2D eigenvalue weighted by atomic mass is 19.1. The van der Waals surface area contributed by atoms with Crippen LogP contribution in [0.2, 0.25) is 0 Å². The Kier molecular flexibility index (Phi) is 4.92. The Morgan fingerprint density at radius 1 is 1.07 bits per heavy atom. The molecule has 140 valence electrons. The average Bonchev–Trinajstić information content (AvgIpc) is 3.34. The predicted octanol–water partition coefficient (Wildman–Crippen LogP) is 6.16. The minimum atomic E-state index is -0.534. The number of para-hydroxylation sites is 1. The van der Waals surface area contributed by atoms with Gasteiger partial charge >= 0.3 is 0 Å². The molecule has 5 heteroatoms. The Labute approximate surface area is 157 Å². The smallest absolute Gasteiger partial charge is 0.197 e. The van der Waals surface area contributed by atoms with Crippen LogP contribution in [0.3, 0.4) is 0 Å². The zero-order valence-electron chi connectivity index (χ0n) is 15.2. The third-order valence-corrected chi connectivity index (χ3v) is 5.02. The highest BCUT2D eigenvalue weighted by molar-refractivity contribution is 5.71. The third-order valence-electron chi connectivity index (χ3n) is 5.02. The summed E-state index contributed by atoms with van der Waals surface area (Å²) in [4.78, 5) is 4.48. The lowest BCUT2D eigenvalue weighted by atomic mass is 10.0. The van der Waals surface area contributed by atoms with Gasteiger partial charge in [-0.15, -0.1) is 0 Å². The van der Waals surface area contributed by atoms with Gasteiger partial charge in [0.1, 0.15) is 24.4 Å². The number of halogens is 2. The fourth-order valence-corrected chi connectivity index (χ4v) is 3.61. The van der Waals surface area contributed by atoms with Crippen molar-refractivity contribution in [1.29, 1.82) is 0 Å². The molecule has 0 spiro atoms. The standard InChI is InChI=1S/C22H21F2NO2/c1-14-9-10-19(23)18(11-14)17-7-4-8-20(24)21(17)26-12-16-13-27-22(25-16)15-5-2-3-6-15/h4,7-11,13,15H,2-3,5-6,12H2,1H3. The Bertz CT molecular complexity index is 945. The summed E-state index contributed by atoms with van der Waals surface area (Å²) < 4.78 is 40.0. The van der Waals surface area contributed by atoms with Crippen molar-refractivity contribution in [3.63, 3.8) is 0 Å². The average molecular weight is 369 g/mol. The van der Waals surface area contributed by atoms with Crippen molar-refractivity contribution in [3.05, 3.63) is 71.4 Å². The number of aryl methyl sites for hydroxylation is 1. The van der Waals surface area contributed by atoms with Crippen LogP contribution in [0.5, 0.6) is 5.75 Å². The second-order valence-corrected chi connectivity index (χ2v) is 7.05. The number of hydrogen-bond donors (Lipinski definition) is 0. The monoisotopic (exact) mass is 369 g/mol. The molecule has 0 radical (unpaired) electrons. The summed E-state index contributed by atoms with van der Waals surface area (Å²) in [6, 6.07) is 9.25. The van der Waals surface area contributed by atoms with E-state index in [2.05, 4.69) is 4.98 Å². The molecule has 0 saturated heterocycles. The first kappa shape index (κ1) is 17.7. The molecule has 1 aromatic heterocycles. The highest BCUT2D eigenvalue weighted by Crippen LogP contribution is 2.36. The molecule has 2 aromatic carbocycles. The molecule has 1 fully saturated rings. The molecule has 1 saturated carbocycles. The van der Waals surface area contributed by atoms with Crippen LogP contribution in [0, 0.1) is 18.6 Å². The lowest BCUT2D eigenvalue weighted by Gasteiger charge is -2.13. The molecule has 1 aliphatic carbocycles. The summed E-state index contributed by atoms with van der Waals surface area (Å²) in [5.41, 5.74) is 2.20. The van der Waals surface area contributed by atoms with Crippen LogP contribution >= 0.6 is 0 Å². The number of oxazole rings is 1. The maximum Gasteiger partial charge on any atom is 0.197 e. The van der Waals surface area contributed by atoms with E-state index in [9.17, 15) is 8.78 Å². The SMILES string of the molecule is Cc1ccc(F)c(-c2cccc(F)c2OCc2coc(C3CCCC3)n2)c1. The molecule has 0 bridgehead atoms. The zero-order valence-corrected chi connectivity index (χ0v) is 15.2. The fraction of sp³-hybridized carbons (Fsp3) is 0.318. The maximum absolute atomic E-state index is 14.4. The first-order valence-electron chi connectivity index (χ1n) is 9.24. The van der Waals surface area contributed by atoms with E-state index in [-0.39, 0.29) is 12.4 Å². The zero-order chi connectivity index (χ0) is 18.8. The van der Waals surface area contributed by atoms with E-state index < -0.39 is 11.6 Å². The van der Waals surface area contributed by atoms with Gasteiger partial charge in [0, 0.05) is 17.0 Å². The number of benzene rings is 2.